The van der Waals surface area contributed by atoms with Crippen LogP contribution in [0, 0.1) is 52.3 Å². The first-order valence-electron chi connectivity index (χ1n) is 11.9. The predicted octanol–water partition coefficient (Wildman–Crippen LogP) is 5.00. The molecule has 5 aliphatic carbocycles. The van der Waals surface area contributed by atoms with Crippen molar-refractivity contribution >= 4 is 5.78 Å². The van der Waals surface area contributed by atoms with Crippen molar-refractivity contribution in [2.75, 3.05) is 13.2 Å². The molecule has 0 aromatic heterocycles. The summed E-state index contributed by atoms with van der Waals surface area (Å²) < 4.78 is 11.8. The minimum atomic E-state index is 0.0229. The molecule has 3 nitrogen and oxygen atoms in total. The van der Waals surface area contributed by atoms with Crippen molar-refractivity contribution in [3.8, 4) is 0 Å². The summed E-state index contributed by atoms with van der Waals surface area (Å²) in [5.41, 5.74) is 2.32. The number of allylic oxidation sites excluding steroid dienone is 1. The number of carbonyl (C=O) groups is 1. The van der Waals surface area contributed by atoms with Gasteiger partial charge in [0.25, 0.3) is 0 Å². The summed E-state index contributed by atoms with van der Waals surface area (Å²) in [5, 5.41) is 0. The molecular formula is C25H36O3. The van der Waals surface area contributed by atoms with Crippen molar-refractivity contribution in [3.05, 3.63) is 11.6 Å². The highest BCUT2D eigenvalue weighted by atomic mass is 16.7. The number of carbonyl (C=O) groups excluding carboxylic acids is 1. The Hall–Kier alpha value is -0.670. The van der Waals surface area contributed by atoms with E-state index in [1.54, 1.807) is 5.57 Å². The van der Waals surface area contributed by atoms with Crippen molar-refractivity contribution in [3.63, 3.8) is 0 Å². The summed E-state index contributed by atoms with van der Waals surface area (Å²) in [6, 6.07) is 0. The third-order valence-electron chi connectivity index (χ3n) is 10.5. The Kier molecular flexibility index (Phi) is 3.85. The van der Waals surface area contributed by atoms with Crippen molar-refractivity contribution in [1.82, 2.24) is 0 Å². The van der Waals surface area contributed by atoms with E-state index in [4.69, 9.17) is 9.47 Å². The zero-order chi connectivity index (χ0) is 19.3. The van der Waals surface area contributed by atoms with Crippen LogP contribution in [0.3, 0.4) is 0 Å². The molecule has 1 heterocycles. The lowest BCUT2D eigenvalue weighted by Crippen LogP contribution is -2.52. The molecule has 154 valence electrons. The molecule has 0 spiro atoms. The first-order valence-corrected chi connectivity index (χ1v) is 11.9. The molecule has 0 amide bonds. The monoisotopic (exact) mass is 384 g/mol. The quantitative estimate of drug-likeness (QED) is 0.672. The molecule has 9 atom stereocenters. The summed E-state index contributed by atoms with van der Waals surface area (Å²) in [7, 11) is 0. The molecular weight excluding hydrogens is 348 g/mol. The fourth-order valence-electron chi connectivity index (χ4n) is 9.17. The topological polar surface area (TPSA) is 35.5 Å². The molecule has 6 rings (SSSR count). The van der Waals surface area contributed by atoms with Crippen LogP contribution in [-0.4, -0.2) is 25.3 Å². The van der Waals surface area contributed by atoms with Gasteiger partial charge in [-0.15, -0.1) is 0 Å². The summed E-state index contributed by atoms with van der Waals surface area (Å²) in [6.07, 6.45) is 10.8. The fraction of sp³-hybridized carbons (Fsp3) is 0.880. The van der Waals surface area contributed by atoms with E-state index >= 15 is 0 Å². The van der Waals surface area contributed by atoms with Gasteiger partial charge in [0.05, 0.1) is 13.2 Å². The second-order valence-electron chi connectivity index (χ2n) is 11.5. The molecule has 4 saturated carbocycles. The van der Waals surface area contributed by atoms with Crippen LogP contribution < -0.4 is 0 Å². The van der Waals surface area contributed by atoms with E-state index in [2.05, 4.69) is 26.8 Å². The van der Waals surface area contributed by atoms with Crippen LogP contribution in [0.1, 0.15) is 65.7 Å². The van der Waals surface area contributed by atoms with Gasteiger partial charge in [-0.2, -0.15) is 0 Å². The van der Waals surface area contributed by atoms with Crippen LogP contribution in [0.2, 0.25) is 0 Å². The second kappa shape index (κ2) is 5.94. The normalized spacial score (nSPS) is 53.7. The molecule has 6 aliphatic rings. The Morgan fingerprint density at radius 2 is 1.86 bits per heavy atom. The van der Waals surface area contributed by atoms with Crippen LogP contribution in [0.25, 0.3) is 0 Å². The van der Waals surface area contributed by atoms with Crippen LogP contribution >= 0.6 is 0 Å². The van der Waals surface area contributed by atoms with E-state index in [0.717, 1.165) is 61.6 Å². The second-order valence-corrected chi connectivity index (χ2v) is 11.5. The minimum Gasteiger partial charge on any atom is -0.350 e. The molecule has 5 fully saturated rings. The lowest BCUT2D eigenvalue weighted by molar-refractivity contribution is -0.127. The van der Waals surface area contributed by atoms with Crippen molar-refractivity contribution in [1.29, 1.82) is 0 Å². The van der Waals surface area contributed by atoms with Crippen LogP contribution in [0.5, 0.6) is 0 Å². The van der Waals surface area contributed by atoms with E-state index in [1.807, 2.05) is 0 Å². The molecule has 1 saturated heterocycles. The minimum absolute atomic E-state index is 0.0229. The van der Waals surface area contributed by atoms with E-state index < -0.39 is 0 Å². The molecule has 1 aliphatic heterocycles. The maximum Gasteiger partial charge on any atom is 0.160 e. The highest BCUT2D eigenvalue weighted by molar-refractivity contribution is 5.92. The third kappa shape index (κ3) is 2.27. The van der Waals surface area contributed by atoms with Gasteiger partial charge < -0.3 is 9.47 Å². The van der Waals surface area contributed by atoms with Gasteiger partial charge in [-0.25, -0.2) is 0 Å². The molecule has 0 aromatic carbocycles. The van der Waals surface area contributed by atoms with Gasteiger partial charge in [0.15, 0.2) is 12.1 Å². The maximum absolute atomic E-state index is 12.2. The van der Waals surface area contributed by atoms with Crippen molar-refractivity contribution in [2.24, 2.45) is 52.3 Å². The first kappa shape index (κ1) is 18.1. The maximum atomic E-state index is 12.2. The Morgan fingerprint density at radius 3 is 2.64 bits per heavy atom. The number of ether oxygens (including phenoxy) is 2. The average Bonchev–Trinajstić information content (AvgIpc) is 3.11. The summed E-state index contributed by atoms with van der Waals surface area (Å²) in [4.78, 5) is 12.2. The van der Waals surface area contributed by atoms with Crippen LogP contribution in [-0.2, 0) is 14.3 Å². The molecule has 3 heteroatoms. The van der Waals surface area contributed by atoms with E-state index in [-0.39, 0.29) is 6.29 Å². The first-order chi connectivity index (χ1) is 13.4. The van der Waals surface area contributed by atoms with Gasteiger partial charge in [0, 0.05) is 12.3 Å². The zero-order valence-corrected chi connectivity index (χ0v) is 17.8. The number of hydrogen-bond donors (Lipinski definition) is 0. The fourth-order valence-corrected chi connectivity index (χ4v) is 9.17. The number of fused-ring (bicyclic) bond motifs is 8. The Bertz CT molecular complexity index is 721. The van der Waals surface area contributed by atoms with Gasteiger partial charge >= 0.3 is 0 Å². The van der Waals surface area contributed by atoms with Crippen LogP contribution in [0.4, 0.5) is 0 Å². The molecule has 28 heavy (non-hydrogen) atoms. The number of ketones is 1. The Morgan fingerprint density at radius 1 is 1.07 bits per heavy atom. The smallest absolute Gasteiger partial charge is 0.160 e. The Balaban J connectivity index is 1.31. The third-order valence-corrected chi connectivity index (χ3v) is 10.5. The average molecular weight is 385 g/mol. The molecule has 4 unspecified atom stereocenters. The van der Waals surface area contributed by atoms with Gasteiger partial charge in [0.1, 0.15) is 0 Å². The van der Waals surface area contributed by atoms with Gasteiger partial charge in [-0.05, 0) is 90.9 Å². The predicted molar refractivity (Wildman–Crippen MR) is 107 cm³/mol. The lowest BCUT2D eigenvalue weighted by Gasteiger charge is -2.58. The highest BCUT2D eigenvalue weighted by Crippen LogP contribution is 2.74. The van der Waals surface area contributed by atoms with Gasteiger partial charge in [-0.1, -0.05) is 26.3 Å². The molecule has 0 bridgehead atoms. The van der Waals surface area contributed by atoms with E-state index in [0.29, 0.717) is 22.5 Å². The largest absolute Gasteiger partial charge is 0.350 e. The standard InChI is InChI=1S/C25H36O3/c1-14(23-27-10-11-28-23)18-4-5-19-22-17-13-16(17)21-12-15(26)6-8-25(21,3)20(22)7-9-24(18,19)2/h12,14,16-20,22-23H,4-11,13H2,1-3H3/t14-,16-,17+,18?,19?,20?,22?,24+,25+/m0/s1. The van der Waals surface area contributed by atoms with E-state index in [9.17, 15) is 4.79 Å². The molecule has 0 radical (unpaired) electrons. The highest BCUT2D eigenvalue weighted by Gasteiger charge is 2.67. The lowest BCUT2D eigenvalue weighted by atomic mass is 9.46. The molecule has 0 aromatic rings. The van der Waals surface area contributed by atoms with E-state index in [1.165, 1.54) is 32.1 Å². The zero-order valence-electron chi connectivity index (χ0n) is 17.8. The Labute approximate surface area is 169 Å². The summed E-state index contributed by atoms with van der Waals surface area (Å²) >= 11 is 0. The van der Waals surface area contributed by atoms with Gasteiger partial charge in [-0.3, -0.25) is 4.79 Å². The van der Waals surface area contributed by atoms with Crippen molar-refractivity contribution < 1.29 is 14.3 Å². The number of rotatable bonds is 2. The van der Waals surface area contributed by atoms with Crippen LogP contribution in [0.15, 0.2) is 11.6 Å². The van der Waals surface area contributed by atoms with Gasteiger partial charge in [0.2, 0.25) is 0 Å². The summed E-state index contributed by atoms with van der Waals surface area (Å²) in [6.45, 7) is 9.06. The van der Waals surface area contributed by atoms with Crippen molar-refractivity contribution in [2.45, 2.75) is 72.0 Å². The molecule has 0 N–H and O–H groups in total. The number of hydrogen-bond acceptors (Lipinski definition) is 3. The SMILES string of the molecule is C[C@H](C1OCCO1)C1CCC2C3C(CC[C@@]21C)[C@@]1(C)CCC(=O)C=C1[C@H]1C[C@@H]31. The summed E-state index contributed by atoms with van der Waals surface area (Å²) in [5.74, 6) is 5.80.